The molecule has 0 spiro atoms. The van der Waals surface area contributed by atoms with E-state index in [2.05, 4.69) is 5.32 Å². The molecule has 0 aromatic rings. The molecular weight excluding hydrogens is 227 g/mol. The SMILES string of the molecule is C/C=C\C=C(/NC)C1=CC=C(C(F)(F)F)C1C. The number of nitrogens with one attached hydrogen (secondary N) is 1. The number of rotatable bonds is 3. The molecule has 0 bridgehead atoms. The van der Waals surface area contributed by atoms with Crippen LogP contribution >= 0.6 is 0 Å². The Morgan fingerprint density at radius 1 is 1.35 bits per heavy atom. The molecule has 1 rings (SSSR count). The fraction of sp³-hybridized carbons (Fsp3) is 0.385. The van der Waals surface area contributed by atoms with Crippen LogP contribution in [0.3, 0.4) is 0 Å². The van der Waals surface area contributed by atoms with Gasteiger partial charge in [-0.2, -0.15) is 13.2 Å². The number of allylic oxidation sites excluding steroid dienone is 7. The first kappa shape index (κ1) is 13.6. The van der Waals surface area contributed by atoms with Gasteiger partial charge in [-0.15, -0.1) is 0 Å². The highest BCUT2D eigenvalue weighted by Gasteiger charge is 2.40. The molecule has 0 heterocycles. The predicted octanol–water partition coefficient (Wildman–Crippen LogP) is 3.73. The number of halogens is 3. The lowest BCUT2D eigenvalue weighted by Gasteiger charge is -2.18. The summed E-state index contributed by atoms with van der Waals surface area (Å²) in [6.45, 7) is 3.43. The zero-order valence-corrected chi connectivity index (χ0v) is 10.1. The van der Waals surface area contributed by atoms with Gasteiger partial charge in [-0.25, -0.2) is 0 Å². The maximum atomic E-state index is 12.6. The van der Waals surface area contributed by atoms with Crippen molar-refractivity contribution in [1.82, 2.24) is 5.32 Å². The van der Waals surface area contributed by atoms with E-state index in [-0.39, 0.29) is 0 Å². The van der Waals surface area contributed by atoms with Gasteiger partial charge < -0.3 is 5.32 Å². The molecule has 0 aromatic heterocycles. The van der Waals surface area contributed by atoms with Crippen LogP contribution in [0.5, 0.6) is 0 Å². The molecule has 17 heavy (non-hydrogen) atoms. The normalized spacial score (nSPS) is 21.8. The number of hydrogen-bond acceptors (Lipinski definition) is 1. The minimum absolute atomic E-state index is 0.492. The van der Waals surface area contributed by atoms with Crippen molar-refractivity contribution < 1.29 is 13.2 Å². The Balaban J connectivity index is 2.93. The maximum Gasteiger partial charge on any atom is 0.413 e. The molecule has 0 saturated carbocycles. The Kier molecular flexibility index (Phi) is 4.21. The first-order valence-electron chi connectivity index (χ1n) is 5.42. The second-order valence-corrected chi connectivity index (χ2v) is 3.82. The zero-order chi connectivity index (χ0) is 13.1. The van der Waals surface area contributed by atoms with Crippen molar-refractivity contribution in [3.8, 4) is 0 Å². The summed E-state index contributed by atoms with van der Waals surface area (Å²) >= 11 is 0. The van der Waals surface area contributed by atoms with Gasteiger partial charge in [0.2, 0.25) is 0 Å². The first-order valence-corrected chi connectivity index (χ1v) is 5.42. The van der Waals surface area contributed by atoms with Gasteiger partial charge in [0.05, 0.1) is 0 Å². The van der Waals surface area contributed by atoms with Gasteiger partial charge in [0.15, 0.2) is 0 Å². The van der Waals surface area contributed by atoms with Crippen molar-refractivity contribution in [2.45, 2.75) is 20.0 Å². The van der Waals surface area contributed by atoms with E-state index in [4.69, 9.17) is 0 Å². The Morgan fingerprint density at radius 2 is 2.00 bits per heavy atom. The van der Waals surface area contributed by atoms with Gasteiger partial charge in [0.25, 0.3) is 0 Å². The van der Waals surface area contributed by atoms with Crippen LogP contribution in [0.15, 0.2) is 47.2 Å². The van der Waals surface area contributed by atoms with E-state index in [1.54, 1.807) is 26.1 Å². The van der Waals surface area contributed by atoms with Gasteiger partial charge in [0.1, 0.15) is 0 Å². The van der Waals surface area contributed by atoms with E-state index in [0.29, 0.717) is 11.3 Å². The van der Waals surface area contributed by atoms with E-state index < -0.39 is 17.7 Å². The van der Waals surface area contributed by atoms with Crippen LogP contribution in [0.1, 0.15) is 13.8 Å². The zero-order valence-electron chi connectivity index (χ0n) is 10.1. The van der Waals surface area contributed by atoms with Crippen LogP contribution in [0.2, 0.25) is 0 Å². The minimum Gasteiger partial charge on any atom is -0.388 e. The van der Waals surface area contributed by atoms with Gasteiger partial charge in [-0.3, -0.25) is 0 Å². The molecule has 4 heteroatoms. The summed E-state index contributed by atoms with van der Waals surface area (Å²) in [4.78, 5) is 0. The predicted molar refractivity (Wildman–Crippen MR) is 63.3 cm³/mol. The third-order valence-corrected chi connectivity index (χ3v) is 2.74. The summed E-state index contributed by atoms with van der Waals surface area (Å²) in [5, 5.41) is 2.92. The lowest BCUT2D eigenvalue weighted by Crippen LogP contribution is -2.20. The van der Waals surface area contributed by atoms with Crippen molar-refractivity contribution in [2.75, 3.05) is 7.05 Å². The second kappa shape index (κ2) is 5.25. The molecule has 1 aliphatic carbocycles. The molecule has 0 aromatic carbocycles. The average Bonchev–Trinajstić information content (AvgIpc) is 2.62. The summed E-state index contributed by atoms with van der Waals surface area (Å²) in [6, 6.07) is 0. The van der Waals surface area contributed by atoms with E-state index in [0.717, 1.165) is 6.08 Å². The van der Waals surface area contributed by atoms with Gasteiger partial charge in [0, 0.05) is 24.2 Å². The molecule has 0 radical (unpaired) electrons. The number of alkyl halides is 3. The summed E-state index contributed by atoms with van der Waals surface area (Å²) in [5.74, 6) is -0.626. The molecule has 0 amide bonds. The molecule has 0 saturated heterocycles. The molecule has 0 fully saturated rings. The van der Waals surface area contributed by atoms with E-state index in [9.17, 15) is 13.2 Å². The van der Waals surface area contributed by atoms with Crippen LogP contribution in [-0.4, -0.2) is 13.2 Å². The van der Waals surface area contributed by atoms with Crippen molar-refractivity contribution in [2.24, 2.45) is 5.92 Å². The summed E-state index contributed by atoms with van der Waals surface area (Å²) in [7, 11) is 1.70. The third kappa shape index (κ3) is 3.02. The maximum absolute atomic E-state index is 12.6. The Morgan fingerprint density at radius 3 is 2.41 bits per heavy atom. The minimum atomic E-state index is -4.25. The van der Waals surface area contributed by atoms with Crippen molar-refractivity contribution in [1.29, 1.82) is 0 Å². The highest BCUT2D eigenvalue weighted by molar-refractivity contribution is 5.47. The summed E-state index contributed by atoms with van der Waals surface area (Å²) in [6.07, 6.45) is 3.83. The summed E-state index contributed by atoms with van der Waals surface area (Å²) < 4.78 is 37.9. The molecule has 1 nitrogen and oxygen atoms in total. The topological polar surface area (TPSA) is 12.0 Å². The quantitative estimate of drug-likeness (QED) is 0.745. The van der Waals surface area contributed by atoms with Crippen LogP contribution in [-0.2, 0) is 0 Å². The van der Waals surface area contributed by atoms with Crippen molar-refractivity contribution in [3.05, 3.63) is 47.2 Å². The van der Waals surface area contributed by atoms with Crippen LogP contribution in [0, 0.1) is 5.92 Å². The van der Waals surface area contributed by atoms with Crippen molar-refractivity contribution >= 4 is 0 Å². The standard InChI is InChI=1S/C13H16F3N/c1-4-5-6-12(17-3)10-7-8-11(9(10)2)13(14,15)16/h4-9,17H,1-3H3/b5-4-,12-6-. The smallest absolute Gasteiger partial charge is 0.388 e. The number of likely N-dealkylation sites (N-methyl/N-ethyl adjacent to an activating group) is 1. The van der Waals surface area contributed by atoms with Gasteiger partial charge in [-0.1, -0.05) is 31.2 Å². The molecule has 1 N–H and O–H groups in total. The molecule has 1 aliphatic rings. The van der Waals surface area contributed by atoms with Crippen LogP contribution < -0.4 is 5.32 Å². The molecule has 94 valence electrons. The Hall–Kier alpha value is -1.45. The van der Waals surface area contributed by atoms with Crippen LogP contribution in [0.4, 0.5) is 13.2 Å². The second-order valence-electron chi connectivity index (χ2n) is 3.82. The van der Waals surface area contributed by atoms with E-state index >= 15 is 0 Å². The average molecular weight is 243 g/mol. The monoisotopic (exact) mass is 243 g/mol. The van der Waals surface area contributed by atoms with E-state index in [1.807, 2.05) is 13.0 Å². The van der Waals surface area contributed by atoms with Crippen LogP contribution in [0.25, 0.3) is 0 Å². The number of hydrogen-bond donors (Lipinski definition) is 1. The molecular formula is C13H16F3N. The third-order valence-electron chi connectivity index (χ3n) is 2.74. The van der Waals surface area contributed by atoms with Gasteiger partial charge >= 0.3 is 6.18 Å². The lowest BCUT2D eigenvalue weighted by molar-refractivity contribution is -0.0963. The summed E-state index contributed by atoms with van der Waals surface area (Å²) in [5.41, 5.74) is 0.887. The van der Waals surface area contributed by atoms with Gasteiger partial charge in [-0.05, 0) is 18.6 Å². The highest BCUT2D eigenvalue weighted by Crippen LogP contribution is 2.40. The van der Waals surface area contributed by atoms with Crippen molar-refractivity contribution in [3.63, 3.8) is 0 Å². The fourth-order valence-corrected chi connectivity index (χ4v) is 1.82. The Bertz CT molecular complexity index is 397. The molecule has 1 atom stereocenters. The Labute approximate surface area is 99.4 Å². The molecule has 0 aliphatic heterocycles. The van der Waals surface area contributed by atoms with E-state index in [1.165, 1.54) is 6.08 Å². The molecule has 1 unspecified atom stereocenters. The lowest BCUT2D eigenvalue weighted by atomic mass is 9.95. The first-order chi connectivity index (χ1) is 7.91. The highest BCUT2D eigenvalue weighted by atomic mass is 19.4. The fourth-order valence-electron chi connectivity index (χ4n) is 1.82. The largest absolute Gasteiger partial charge is 0.413 e.